The van der Waals surface area contributed by atoms with Gasteiger partial charge in [-0.1, -0.05) is 6.07 Å². The average Bonchev–Trinajstić information content (AvgIpc) is 3.37. The van der Waals surface area contributed by atoms with Crippen molar-refractivity contribution in [3.05, 3.63) is 53.0 Å². The number of ether oxygens (including phenoxy) is 1. The number of fused-ring (bicyclic) bond motifs is 1. The minimum absolute atomic E-state index is 0.00252. The van der Waals surface area contributed by atoms with Gasteiger partial charge in [-0.25, -0.2) is 13.1 Å². The Bertz CT molecular complexity index is 976. The zero-order valence-corrected chi connectivity index (χ0v) is 16.6. The lowest BCUT2D eigenvalue weighted by atomic mass is 9.99. The number of hydrogen-bond donors (Lipinski definition) is 1. The summed E-state index contributed by atoms with van der Waals surface area (Å²) < 4.78 is 38.8. The number of rotatable bonds is 5. The van der Waals surface area contributed by atoms with E-state index in [-0.39, 0.29) is 23.5 Å². The van der Waals surface area contributed by atoms with Gasteiger partial charge in [-0.05, 0) is 61.6 Å². The van der Waals surface area contributed by atoms with Crippen LogP contribution in [0.25, 0.3) is 0 Å². The van der Waals surface area contributed by atoms with Crippen molar-refractivity contribution in [1.29, 1.82) is 0 Å². The summed E-state index contributed by atoms with van der Waals surface area (Å²) in [5, 5.41) is 0. The number of nitrogens with one attached hydrogen (secondary N) is 1. The first-order chi connectivity index (χ1) is 13.4. The fourth-order valence-electron chi connectivity index (χ4n) is 3.69. The first-order valence-corrected chi connectivity index (χ1v) is 11.0. The van der Waals surface area contributed by atoms with Crippen molar-refractivity contribution in [1.82, 2.24) is 9.62 Å². The Balaban J connectivity index is 1.48. The molecule has 0 unspecified atom stereocenters. The number of aryl methyl sites for hydroxylation is 1. The summed E-state index contributed by atoms with van der Waals surface area (Å²) in [5.41, 5.74) is 1.95. The first-order valence-electron chi connectivity index (χ1n) is 9.49. The van der Waals surface area contributed by atoms with Crippen molar-refractivity contribution in [2.24, 2.45) is 0 Å². The van der Waals surface area contributed by atoms with Crippen LogP contribution in [0.2, 0.25) is 0 Å². The molecule has 28 heavy (non-hydrogen) atoms. The highest BCUT2D eigenvalue weighted by atomic mass is 32.2. The Kier molecular flexibility index (Phi) is 5.27. The highest BCUT2D eigenvalue weighted by Crippen LogP contribution is 2.25. The molecular formula is C20H24N2O5S. The van der Waals surface area contributed by atoms with Gasteiger partial charge in [0.05, 0.1) is 11.4 Å². The molecule has 1 N–H and O–H groups in total. The number of carbonyl (C=O) groups is 1. The van der Waals surface area contributed by atoms with E-state index >= 15 is 0 Å². The zero-order valence-electron chi connectivity index (χ0n) is 15.8. The third kappa shape index (κ3) is 3.99. The Labute approximate surface area is 164 Å². The molecule has 0 saturated carbocycles. The lowest BCUT2D eigenvalue weighted by molar-refractivity contribution is -0.141. The number of benzene rings is 1. The van der Waals surface area contributed by atoms with Crippen molar-refractivity contribution < 1.29 is 22.4 Å². The molecule has 0 bridgehead atoms. The fourth-order valence-corrected chi connectivity index (χ4v) is 4.74. The van der Waals surface area contributed by atoms with E-state index in [1.807, 2.05) is 13.0 Å². The van der Waals surface area contributed by atoms with Crippen molar-refractivity contribution in [2.75, 3.05) is 13.2 Å². The van der Waals surface area contributed by atoms with E-state index < -0.39 is 10.0 Å². The second-order valence-corrected chi connectivity index (χ2v) is 9.05. The Morgan fingerprint density at radius 2 is 2.11 bits per heavy atom. The molecule has 3 heterocycles. The molecule has 1 saturated heterocycles. The summed E-state index contributed by atoms with van der Waals surface area (Å²) in [7, 11) is -3.67. The number of nitrogens with zero attached hydrogens (tertiary/aromatic N) is 1. The quantitative estimate of drug-likeness (QED) is 0.825. The minimum Gasteiger partial charge on any atom is -0.465 e. The number of carbonyl (C=O) groups excluding carboxylic acids is 1. The van der Waals surface area contributed by atoms with Gasteiger partial charge in [0.1, 0.15) is 17.6 Å². The highest BCUT2D eigenvalue weighted by molar-refractivity contribution is 7.89. The molecule has 1 aromatic heterocycles. The van der Waals surface area contributed by atoms with Crippen LogP contribution in [-0.4, -0.2) is 38.5 Å². The van der Waals surface area contributed by atoms with Gasteiger partial charge < -0.3 is 14.1 Å². The van der Waals surface area contributed by atoms with Crippen LogP contribution in [0.4, 0.5) is 0 Å². The van der Waals surface area contributed by atoms with Crippen LogP contribution in [0.3, 0.4) is 0 Å². The molecule has 0 radical (unpaired) electrons. The normalized spacial score (nSPS) is 19.6. The molecule has 150 valence electrons. The zero-order chi connectivity index (χ0) is 19.7. The Hall–Kier alpha value is -2.16. The second kappa shape index (κ2) is 7.69. The fraction of sp³-hybridized carbons (Fsp3) is 0.450. The molecule has 7 nitrogen and oxygen atoms in total. The predicted octanol–water partition coefficient (Wildman–Crippen LogP) is 2.13. The average molecular weight is 404 g/mol. The minimum atomic E-state index is -3.67. The van der Waals surface area contributed by atoms with Crippen LogP contribution < -0.4 is 4.72 Å². The van der Waals surface area contributed by atoms with Gasteiger partial charge in [-0.3, -0.25) is 4.79 Å². The molecule has 0 spiro atoms. The summed E-state index contributed by atoms with van der Waals surface area (Å²) in [6, 6.07) is 8.67. The summed E-state index contributed by atoms with van der Waals surface area (Å²) in [4.78, 5) is 14.6. The molecule has 2 aromatic rings. The van der Waals surface area contributed by atoms with Gasteiger partial charge >= 0.3 is 0 Å². The summed E-state index contributed by atoms with van der Waals surface area (Å²) in [5.74, 6) is 1.30. The second-order valence-electron chi connectivity index (χ2n) is 7.28. The van der Waals surface area contributed by atoms with Gasteiger partial charge in [0, 0.05) is 19.7 Å². The number of sulfonamides is 1. The standard InChI is InChI=1S/C20H24N2O5S/c1-14-4-6-17(27-14)12-21-28(24,25)18-7-5-15-8-9-22(13-16(15)11-18)20(23)19-3-2-10-26-19/h4-7,11,19,21H,2-3,8-10,12-13H2,1H3/t19-/m0/s1. The van der Waals surface area contributed by atoms with E-state index in [0.717, 1.165) is 29.7 Å². The van der Waals surface area contributed by atoms with Crippen LogP contribution in [0.5, 0.6) is 0 Å². The van der Waals surface area contributed by atoms with Crippen LogP contribution in [0.15, 0.2) is 39.6 Å². The van der Waals surface area contributed by atoms with Crippen molar-refractivity contribution in [2.45, 2.75) is 50.3 Å². The number of hydrogen-bond acceptors (Lipinski definition) is 5. The maximum Gasteiger partial charge on any atom is 0.252 e. The first kappa shape index (κ1) is 19.2. The van der Waals surface area contributed by atoms with E-state index in [9.17, 15) is 13.2 Å². The predicted molar refractivity (Wildman–Crippen MR) is 102 cm³/mol. The molecule has 1 amide bonds. The lowest BCUT2D eigenvalue weighted by Gasteiger charge is -2.30. The van der Waals surface area contributed by atoms with E-state index in [2.05, 4.69) is 4.72 Å². The van der Waals surface area contributed by atoms with E-state index in [1.54, 1.807) is 29.2 Å². The number of furan rings is 1. The van der Waals surface area contributed by atoms with Gasteiger partial charge in [-0.2, -0.15) is 0 Å². The molecule has 2 aliphatic heterocycles. The largest absolute Gasteiger partial charge is 0.465 e. The van der Waals surface area contributed by atoms with Crippen LogP contribution in [0.1, 0.15) is 35.5 Å². The monoisotopic (exact) mass is 404 g/mol. The Morgan fingerprint density at radius 3 is 2.82 bits per heavy atom. The lowest BCUT2D eigenvalue weighted by Crippen LogP contribution is -2.42. The third-order valence-electron chi connectivity index (χ3n) is 5.25. The molecule has 4 rings (SSSR count). The third-order valence-corrected chi connectivity index (χ3v) is 6.65. The van der Waals surface area contributed by atoms with Gasteiger partial charge in [0.15, 0.2) is 0 Å². The Morgan fingerprint density at radius 1 is 1.25 bits per heavy atom. The van der Waals surface area contributed by atoms with Gasteiger partial charge in [0.25, 0.3) is 5.91 Å². The summed E-state index contributed by atoms with van der Waals surface area (Å²) in [6.45, 7) is 3.58. The molecule has 1 atom stereocenters. The summed E-state index contributed by atoms with van der Waals surface area (Å²) >= 11 is 0. The van der Waals surface area contributed by atoms with Crippen LogP contribution >= 0.6 is 0 Å². The molecular weight excluding hydrogens is 380 g/mol. The summed E-state index contributed by atoms with van der Waals surface area (Å²) in [6.07, 6.45) is 2.02. The molecule has 1 aromatic carbocycles. The van der Waals surface area contributed by atoms with Crippen molar-refractivity contribution >= 4 is 15.9 Å². The molecule has 8 heteroatoms. The molecule has 1 fully saturated rings. The van der Waals surface area contributed by atoms with Gasteiger partial charge in [-0.15, -0.1) is 0 Å². The van der Waals surface area contributed by atoms with E-state index in [4.69, 9.17) is 9.15 Å². The van der Waals surface area contributed by atoms with Crippen LogP contribution in [0, 0.1) is 6.92 Å². The highest BCUT2D eigenvalue weighted by Gasteiger charge is 2.30. The van der Waals surface area contributed by atoms with Crippen molar-refractivity contribution in [3.63, 3.8) is 0 Å². The van der Waals surface area contributed by atoms with Gasteiger partial charge in [0.2, 0.25) is 10.0 Å². The maximum absolute atomic E-state index is 12.7. The van der Waals surface area contributed by atoms with E-state index in [0.29, 0.717) is 31.9 Å². The van der Waals surface area contributed by atoms with Crippen LogP contribution in [-0.2, 0) is 39.1 Å². The maximum atomic E-state index is 12.7. The SMILES string of the molecule is Cc1ccc(CNS(=O)(=O)c2ccc3c(c2)CN(C(=O)[C@@H]2CCCO2)CC3)o1. The van der Waals surface area contributed by atoms with E-state index in [1.165, 1.54) is 0 Å². The smallest absolute Gasteiger partial charge is 0.252 e. The molecule has 2 aliphatic rings. The topological polar surface area (TPSA) is 88.9 Å². The number of amides is 1. The van der Waals surface area contributed by atoms with Crippen molar-refractivity contribution in [3.8, 4) is 0 Å². The molecule has 0 aliphatic carbocycles.